The normalized spacial score (nSPS) is 11.0. The first-order chi connectivity index (χ1) is 11.7. The summed E-state index contributed by atoms with van der Waals surface area (Å²) in [5.74, 6) is 0.365. The average molecular weight is 314 g/mol. The van der Waals surface area contributed by atoms with Crippen LogP contribution in [0.15, 0.2) is 79.4 Å². The molecule has 1 aliphatic rings. The van der Waals surface area contributed by atoms with Gasteiger partial charge in [-0.2, -0.15) is 0 Å². The third-order valence-corrected chi connectivity index (χ3v) is 4.36. The van der Waals surface area contributed by atoms with Gasteiger partial charge in [-0.05, 0) is 59.2 Å². The second kappa shape index (κ2) is 7.18. The molecule has 3 aromatic carbocycles. The van der Waals surface area contributed by atoms with E-state index in [-0.39, 0.29) is 0 Å². The smallest absolute Gasteiger partial charge is 0.118 e. The molecule has 3 aromatic rings. The fourth-order valence-corrected chi connectivity index (χ4v) is 3.03. The first kappa shape index (κ1) is 16.1. The Labute approximate surface area is 143 Å². The molecule has 4 rings (SSSR count). The predicted octanol–water partition coefficient (Wildman–Crippen LogP) is 5.69. The van der Waals surface area contributed by atoms with E-state index in [1.807, 2.05) is 25.1 Å². The van der Waals surface area contributed by atoms with Gasteiger partial charge in [0.05, 0.1) is 0 Å². The van der Waals surface area contributed by atoms with Gasteiger partial charge in [-0.15, -0.1) is 6.58 Å². The van der Waals surface area contributed by atoms with Gasteiger partial charge in [0.15, 0.2) is 0 Å². The molecule has 0 heterocycles. The largest absolute Gasteiger partial charge is 0.508 e. The van der Waals surface area contributed by atoms with Crippen molar-refractivity contribution in [3.8, 4) is 16.9 Å². The SMILES string of the molecule is C=CCc1ccc(C)c(O)c1.c1ccc2c(c1)Cc1ccccc1-2. The number of phenols is 1. The minimum atomic E-state index is 0.365. The summed E-state index contributed by atoms with van der Waals surface area (Å²) in [4.78, 5) is 0. The highest BCUT2D eigenvalue weighted by Gasteiger charge is 2.15. The first-order valence-electron chi connectivity index (χ1n) is 8.24. The van der Waals surface area contributed by atoms with Gasteiger partial charge in [-0.25, -0.2) is 0 Å². The van der Waals surface area contributed by atoms with Crippen molar-refractivity contribution in [3.63, 3.8) is 0 Å². The third-order valence-electron chi connectivity index (χ3n) is 4.36. The summed E-state index contributed by atoms with van der Waals surface area (Å²) in [6.07, 6.45) is 3.74. The molecule has 0 amide bonds. The molecular formula is C23H22O. The number of aryl methyl sites for hydroxylation is 1. The van der Waals surface area contributed by atoms with E-state index in [2.05, 4.69) is 55.1 Å². The molecule has 0 bridgehead atoms. The molecular weight excluding hydrogens is 292 g/mol. The molecule has 0 atom stereocenters. The Hall–Kier alpha value is -2.80. The lowest BCUT2D eigenvalue weighted by molar-refractivity contribution is 0.470. The molecule has 0 aliphatic heterocycles. The number of phenolic OH excluding ortho intramolecular Hbond substituents is 1. The molecule has 0 spiro atoms. The van der Waals surface area contributed by atoms with E-state index < -0.39 is 0 Å². The van der Waals surface area contributed by atoms with Crippen LogP contribution in [0.25, 0.3) is 11.1 Å². The Morgan fingerprint density at radius 2 is 1.50 bits per heavy atom. The summed E-state index contributed by atoms with van der Waals surface area (Å²) in [5.41, 5.74) is 7.77. The highest BCUT2D eigenvalue weighted by atomic mass is 16.3. The van der Waals surface area contributed by atoms with Crippen molar-refractivity contribution in [2.24, 2.45) is 0 Å². The summed E-state index contributed by atoms with van der Waals surface area (Å²) in [5, 5.41) is 9.29. The van der Waals surface area contributed by atoms with Gasteiger partial charge in [0, 0.05) is 0 Å². The Balaban J connectivity index is 0.000000144. The molecule has 1 N–H and O–H groups in total. The lowest BCUT2D eigenvalue weighted by atomic mass is 10.1. The first-order valence-corrected chi connectivity index (χ1v) is 8.24. The van der Waals surface area contributed by atoms with E-state index in [0.29, 0.717) is 5.75 Å². The van der Waals surface area contributed by atoms with Gasteiger partial charge in [0.25, 0.3) is 0 Å². The van der Waals surface area contributed by atoms with Crippen molar-refractivity contribution in [2.45, 2.75) is 19.8 Å². The topological polar surface area (TPSA) is 20.2 Å². The zero-order valence-corrected chi connectivity index (χ0v) is 14.0. The van der Waals surface area contributed by atoms with E-state index in [1.165, 1.54) is 22.3 Å². The summed E-state index contributed by atoms with van der Waals surface area (Å²) < 4.78 is 0. The van der Waals surface area contributed by atoms with Crippen LogP contribution in [0.3, 0.4) is 0 Å². The van der Waals surface area contributed by atoms with Crippen molar-refractivity contribution < 1.29 is 5.11 Å². The van der Waals surface area contributed by atoms with Crippen LogP contribution in [0.1, 0.15) is 22.3 Å². The van der Waals surface area contributed by atoms with Crippen molar-refractivity contribution >= 4 is 0 Å². The number of hydrogen-bond acceptors (Lipinski definition) is 1. The highest BCUT2D eigenvalue weighted by molar-refractivity contribution is 5.76. The minimum Gasteiger partial charge on any atom is -0.508 e. The molecule has 1 heteroatoms. The molecule has 0 aromatic heterocycles. The van der Waals surface area contributed by atoms with Crippen molar-refractivity contribution in [1.82, 2.24) is 0 Å². The lowest BCUT2D eigenvalue weighted by Gasteiger charge is -2.00. The molecule has 1 nitrogen and oxygen atoms in total. The number of allylic oxidation sites excluding steroid dienone is 1. The maximum absolute atomic E-state index is 9.29. The predicted molar refractivity (Wildman–Crippen MR) is 101 cm³/mol. The van der Waals surface area contributed by atoms with Gasteiger partial charge in [-0.3, -0.25) is 0 Å². The number of aromatic hydroxyl groups is 1. The van der Waals surface area contributed by atoms with E-state index >= 15 is 0 Å². The number of benzene rings is 3. The van der Waals surface area contributed by atoms with Gasteiger partial charge >= 0.3 is 0 Å². The van der Waals surface area contributed by atoms with Gasteiger partial charge < -0.3 is 5.11 Å². The van der Waals surface area contributed by atoms with Crippen molar-refractivity contribution in [3.05, 3.63) is 102 Å². The zero-order valence-electron chi connectivity index (χ0n) is 14.0. The second-order valence-electron chi connectivity index (χ2n) is 6.10. The molecule has 24 heavy (non-hydrogen) atoms. The Bertz CT molecular complexity index is 818. The minimum absolute atomic E-state index is 0.365. The van der Waals surface area contributed by atoms with Crippen LogP contribution in [0, 0.1) is 6.92 Å². The quantitative estimate of drug-likeness (QED) is 0.471. The number of hydrogen-bond donors (Lipinski definition) is 1. The second-order valence-corrected chi connectivity index (χ2v) is 6.10. The fraction of sp³-hybridized carbons (Fsp3) is 0.130. The molecule has 0 saturated heterocycles. The van der Waals surface area contributed by atoms with Crippen LogP contribution in [-0.4, -0.2) is 5.11 Å². The number of fused-ring (bicyclic) bond motifs is 3. The van der Waals surface area contributed by atoms with E-state index in [9.17, 15) is 5.11 Å². The Morgan fingerprint density at radius 1 is 0.917 bits per heavy atom. The van der Waals surface area contributed by atoms with E-state index in [0.717, 1.165) is 24.0 Å². The van der Waals surface area contributed by atoms with Crippen LogP contribution in [0.5, 0.6) is 5.75 Å². The van der Waals surface area contributed by atoms with E-state index in [4.69, 9.17) is 0 Å². The summed E-state index contributed by atoms with van der Waals surface area (Å²) in [6, 6.07) is 23.0. The van der Waals surface area contributed by atoms with Gasteiger partial charge in [-0.1, -0.05) is 66.7 Å². The van der Waals surface area contributed by atoms with Crippen LogP contribution >= 0.6 is 0 Å². The standard InChI is InChI=1S/C13H10.C10H12O/c1-3-7-12-10(5-1)9-11-6-2-4-8-13(11)12;1-3-4-9-6-5-8(2)10(11)7-9/h1-8H,9H2;3,5-7,11H,1,4H2,2H3. The van der Waals surface area contributed by atoms with Crippen LogP contribution < -0.4 is 0 Å². The molecule has 0 radical (unpaired) electrons. The average Bonchev–Trinajstić information content (AvgIpc) is 2.98. The molecule has 0 fully saturated rings. The monoisotopic (exact) mass is 314 g/mol. The van der Waals surface area contributed by atoms with Crippen LogP contribution in [0.2, 0.25) is 0 Å². The lowest BCUT2D eigenvalue weighted by Crippen LogP contribution is -1.81. The third kappa shape index (κ3) is 3.41. The maximum atomic E-state index is 9.29. The molecule has 1 aliphatic carbocycles. The fourth-order valence-electron chi connectivity index (χ4n) is 3.03. The molecule has 120 valence electrons. The zero-order chi connectivity index (χ0) is 16.9. The van der Waals surface area contributed by atoms with E-state index in [1.54, 1.807) is 6.07 Å². The van der Waals surface area contributed by atoms with Gasteiger partial charge in [0.1, 0.15) is 5.75 Å². The van der Waals surface area contributed by atoms with Gasteiger partial charge in [0.2, 0.25) is 0 Å². The Kier molecular flexibility index (Phi) is 4.81. The van der Waals surface area contributed by atoms with Crippen LogP contribution in [-0.2, 0) is 12.8 Å². The summed E-state index contributed by atoms with van der Waals surface area (Å²) in [6.45, 7) is 5.51. The maximum Gasteiger partial charge on any atom is 0.118 e. The van der Waals surface area contributed by atoms with Crippen molar-refractivity contribution in [2.75, 3.05) is 0 Å². The molecule has 0 unspecified atom stereocenters. The highest BCUT2D eigenvalue weighted by Crippen LogP contribution is 2.35. The summed E-state index contributed by atoms with van der Waals surface area (Å²) in [7, 11) is 0. The van der Waals surface area contributed by atoms with Crippen molar-refractivity contribution in [1.29, 1.82) is 0 Å². The van der Waals surface area contributed by atoms with Crippen LogP contribution in [0.4, 0.5) is 0 Å². The Morgan fingerprint density at radius 3 is 2.04 bits per heavy atom. The molecule has 0 saturated carbocycles. The summed E-state index contributed by atoms with van der Waals surface area (Å²) >= 11 is 0. The number of rotatable bonds is 2.